The van der Waals surface area contributed by atoms with E-state index in [1.165, 1.54) is 64.9 Å². The molecule has 0 saturated heterocycles. The normalized spacial score (nSPS) is 12.3. The van der Waals surface area contributed by atoms with E-state index in [0.717, 1.165) is 32.1 Å². The van der Waals surface area contributed by atoms with Gasteiger partial charge in [0, 0.05) is 20.1 Å². The molecule has 4 nitrogen and oxygen atoms in total. The van der Waals surface area contributed by atoms with Crippen LogP contribution in [0.15, 0.2) is 0 Å². The van der Waals surface area contributed by atoms with E-state index >= 15 is 0 Å². The number of methoxy groups -OCH3 is 2. The van der Waals surface area contributed by atoms with Crippen LogP contribution < -0.4 is 0 Å². The largest absolute Gasteiger partial charge is 0.469 e. The van der Waals surface area contributed by atoms with Gasteiger partial charge in [-0.1, -0.05) is 64.2 Å². The van der Waals surface area contributed by atoms with Crippen molar-refractivity contribution in [2.45, 2.75) is 102 Å². The van der Waals surface area contributed by atoms with Gasteiger partial charge in [0.2, 0.25) is 0 Å². The molecule has 0 bridgehead atoms. The third kappa shape index (κ3) is 16.3. The first-order chi connectivity index (χ1) is 11.7. The lowest BCUT2D eigenvalue weighted by Crippen LogP contribution is -2.10. The van der Waals surface area contributed by atoms with Crippen LogP contribution in [0.4, 0.5) is 0 Å². The molecule has 0 amide bonds. The first kappa shape index (κ1) is 23.4. The number of carbonyl (C=O) groups excluding carboxylic acids is 1. The van der Waals surface area contributed by atoms with E-state index < -0.39 is 0 Å². The summed E-state index contributed by atoms with van der Waals surface area (Å²) in [5.41, 5.74) is 0. The van der Waals surface area contributed by atoms with Gasteiger partial charge in [-0.25, -0.2) is 0 Å². The van der Waals surface area contributed by atoms with Gasteiger partial charge in [0.1, 0.15) is 0 Å². The minimum Gasteiger partial charge on any atom is -0.469 e. The fourth-order valence-corrected chi connectivity index (χ4v) is 3.02. The number of unbranched alkanes of at least 4 members (excludes halogenated alkanes) is 10. The summed E-state index contributed by atoms with van der Waals surface area (Å²) in [6.45, 7) is 0.334. The highest BCUT2D eigenvalue weighted by Crippen LogP contribution is 2.16. The van der Waals surface area contributed by atoms with E-state index in [1.54, 1.807) is 0 Å². The fourth-order valence-electron chi connectivity index (χ4n) is 3.02. The number of aliphatic hydroxyl groups is 1. The van der Waals surface area contributed by atoms with Gasteiger partial charge in [0.25, 0.3) is 0 Å². The molecule has 0 aromatic carbocycles. The minimum absolute atomic E-state index is 0.0946. The van der Waals surface area contributed by atoms with E-state index in [1.807, 2.05) is 7.11 Å². The molecule has 0 aromatic rings. The molecule has 24 heavy (non-hydrogen) atoms. The van der Waals surface area contributed by atoms with Crippen LogP contribution in [0.3, 0.4) is 0 Å². The van der Waals surface area contributed by atoms with Crippen molar-refractivity contribution in [2.24, 2.45) is 0 Å². The van der Waals surface area contributed by atoms with E-state index in [9.17, 15) is 4.79 Å². The lowest BCUT2D eigenvalue weighted by molar-refractivity contribution is -0.140. The molecule has 1 atom stereocenters. The summed E-state index contributed by atoms with van der Waals surface area (Å²) < 4.78 is 10.2. The van der Waals surface area contributed by atoms with Crippen molar-refractivity contribution in [3.63, 3.8) is 0 Å². The molecule has 0 spiro atoms. The summed E-state index contributed by atoms with van der Waals surface area (Å²) in [7, 11) is 3.28. The summed E-state index contributed by atoms with van der Waals surface area (Å²) in [5, 5.41) is 8.73. The molecule has 0 rings (SSSR count). The van der Waals surface area contributed by atoms with E-state index in [4.69, 9.17) is 9.84 Å². The van der Waals surface area contributed by atoms with Gasteiger partial charge < -0.3 is 14.6 Å². The molecule has 0 fully saturated rings. The second-order valence-corrected chi connectivity index (χ2v) is 6.73. The van der Waals surface area contributed by atoms with Crippen LogP contribution in [0.5, 0.6) is 0 Å². The molecule has 0 aliphatic heterocycles. The molecule has 1 N–H and O–H groups in total. The molecule has 0 aromatic heterocycles. The molecule has 0 aliphatic carbocycles. The van der Waals surface area contributed by atoms with Gasteiger partial charge >= 0.3 is 5.97 Å². The van der Waals surface area contributed by atoms with Crippen molar-refractivity contribution in [3.05, 3.63) is 0 Å². The molecular weight excluding hydrogens is 304 g/mol. The molecular formula is C20H40O4. The first-order valence-electron chi connectivity index (χ1n) is 9.95. The maximum Gasteiger partial charge on any atom is 0.305 e. The summed E-state index contributed by atoms with van der Waals surface area (Å²) >= 11 is 0. The monoisotopic (exact) mass is 344 g/mol. The highest BCUT2D eigenvalue weighted by molar-refractivity contribution is 5.68. The van der Waals surface area contributed by atoms with Crippen LogP contribution in [0.1, 0.15) is 96.3 Å². The van der Waals surface area contributed by atoms with Crippen LogP contribution in [-0.4, -0.2) is 38.0 Å². The van der Waals surface area contributed by atoms with E-state index in [2.05, 4.69) is 4.74 Å². The lowest BCUT2D eigenvalue weighted by atomic mass is 10.0. The van der Waals surface area contributed by atoms with Crippen LogP contribution in [0.2, 0.25) is 0 Å². The van der Waals surface area contributed by atoms with Gasteiger partial charge in [0.05, 0.1) is 13.2 Å². The molecule has 0 heterocycles. The zero-order valence-corrected chi connectivity index (χ0v) is 16.1. The SMILES string of the molecule is COC(=O)CCCCCCCC(CCCCCCCCCO)OC. The predicted molar refractivity (Wildman–Crippen MR) is 99.2 cm³/mol. The summed E-state index contributed by atoms with van der Waals surface area (Å²) in [6.07, 6.45) is 17.5. The van der Waals surface area contributed by atoms with Crippen molar-refractivity contribution in [2.75, 3.05) is 20.8 Å². The smallest absolute Gasteiger partial charge is 0.305 e. The molecule has 144 valence electrons. The number of rotatable bonds is 18. The Balaban J connectivity index is 3.35. The maximum absolute atomic E-state index is 11.0. The zero-order chi connectivity index (χ0) is 17.9. The van der Waals surface area contributed by atoms with Gasteiger partial charge in [-0.05, 0) is 25.7 Å². The van der Waals surface area contributed by atoms with Gasteiger partial charge in [-0.2, -0.15) is 0 Å². The van der Waals surface area contributed by atoms with Crippen LogP contribution in [0, 0.1) is 0 Å². The van der Waals surface area contributed by atoms with E-state index in [-0.39, 0.29) is 5.97 Å². The zero-order valence-electron chi connectivity index (χ0n) is 16.1. The Morgan fingerprint density at radius 2 is 1.21 bits per heavy atom. The van der Waals surface area contributed by atoms with Gasteiger partial charge in [-0.15, -0.1) is 0 Å². The Kier molecular flexibility index (Phi) is 18.2. The topological polar surface area (TPSA) is 55.8 Å². The van der Waals surface area contributed by atoms with Crippen LogP contribution >= 0.6 is 0 Å². The van der Waals surface area contributed by atoms with Gasteiger partial charge in [0.15, 0.2) is 0 Å². The number of hydrogen-bond donors (Lipinski definition) is 1. The second-order valence-electron chi connectivity index (χ2n) is 6.73. The Morgan fingerprint density at radius 1 is 0.750 bits per heavy atom. The third-order valence-corrected chi connectivity index (χ3v) is 4.65. The quantitative estimate of drug-likeness (QED) is 0.280. The third-order valence-electron chi connectivity index (χ3n) is 4.65. The summed E-state index contributed by atoms with van der Waals surface area (Å²) in [4.78, 5) is 11.0. The van der Waals surface area contributed by atoms with Crippen LogP contribution in [-0.2, 0) is 14.3 Å². The summed E-state index contributed by atoms with van der Waals surface area (Å²) in [6, 6.07) is 0. The van der Waals surface area contributed by atoms with Crippen molar-refractivity contribution in [3.8, 4) is 0 Å². The Bertz CT molecular complexity index is 268. The minimum atomic E-state index is -0.0946. The van der Waals surface area contributed by atoms with Crippen molar-refractivity contribution >= 4 is 5.97 Å². The number of aliphatic hydroxyl groups excluding tert-OH is 1. The van der Waals surface area contributed by atoms with Crippen molar-refractivity contribution in [1.82, 2.24) is 0 Å². The lowest BCUT2D eigenvalue weighted by Gasteiger charge is -2.15. The Morgan fingerprint density at radius 3 is 1.67 bits per heavy atom. The van der Waals surface area contributed by atoms with Gasteiger partial charge in [-0.3, -0.25) is 4.79 Å². The molecule has 1 unspecified atom stereocenters. The number of esters is 1. The number of carbonyl (C=O) groups is 1. The molecule has 0 saturated carbocycles. The van der Waals surface area contributed by atoms with Crippen molar-refractivity contribution in [1.29, 1.82) is 0 Å². The van der Waals surface area contributed by atoms with Crippen LogP contribution in [0.25, 0.3) is 0 Å². The maximum atomic E-state index is 11.0. The molecule has 0 aliphatic rings. The molecule has 0 radical (unpaired) electrons. The molecule has 4 heteroatoms. The summed E-state index contributed by atoms with van der Waals surface area (Å²) in [5.74, 6) is -0.0946. The van der Waals surface area contributed by atoms with E-state index in [0.29, 0.717) is 19.1 Å². The Hall–Kier alpha value is -0.610. The first-order valence-corrected chi connectivity index (χ1v) is 9.95. The average molecular weight is 345 g/mol. The standard InChI is InChI=1S/C20H40O4/c1-23-19(15-11-7-4-3-5-10-14-18-21)16-12-8-6-9-13-17-20(22)24-2/h19,21H,3-18H2,1-2H3. The predicted octanol–water partition coefficient (Wildman–Crippen LogP) is 5.02. The highest BCUT2D eigenvalue weighted by atomic mass is 16.5. The highest BCUT2D eigenvalue weighted by Gasteiger charge is 2.07. The Labute approximate surface area is 149 Å². The fraction of sp³-hybridized carbons (Fsp3) is 0.950. The number of hydrogen-bond acceptors (Lipinski definition) is 4. The second kappa shape index (κ2) is 18.7. The van der Waals surface area contributed by atoms with Crippen molar-refractivity contribution < 1.29 is 19.4 Å². The average Bonchev–Trinajstić information content (AvgIpc) is 2.60. The number of ether oxygens (including phenoxy) is 2.